The van der Waals surface area contributed by atoms with Gasteiger partial charge >= 0.3 is 0 Å². The Hall–Kier alpha value is -2.83. The van der Waals surface area contributed by atoms with E-state index in [9.17, 15) is 0 Å². The third-order valence-electron chi connectivity index (χ3n) is 6.85. The Morgan fingerprint density at radius 2 is 1.63 bits per heavy atom. The molecule has 1 saturated heterocycles. The zero-order chi connectivity index (χ0) is 24.5. The monoisotopic (exact) mass is 477 g/mol. The van der Waals surface area contributed by atoms with Crippen LogP contribution in [0.2, 0.25) is 0 Å². The van der Waals surface area contributed by atoms with Crippen molar-refractivity contribution < 1.29 is 14.2 Å². The third kappa shape index (κ3) is 7.58. The molecule has 2 heterocycles. The van der Waals surface area contributed by atoms with Crippen molar-refractivity contribution in [3.63, 3.8) is 0 Å². The quantitative estimate of drug-likeness (QED) is 0.345. The van der Waals surface area contributed by atoms with Gasteiger partial charge < -0.3 is 14.2 Å². The fourth-order valence-electron chi connectivity index (χ4n) is 4.59. The van der Waals surface area contributed by atoms with Crippen molar-refractivity contribution >= 4 is 0 Å². The van der Waals surface area contributed by atoms with Crippen molar-refractivity contribution in [2.24, 2.45) is 0 Å². The van der Waals surface area contributed by atoms with Gasteiger partial charge in [0.2, 0.25) is 0 Å². The van der Waals surface area contributed by atoms with E-state index in [4.69, 9.17) is 14.2 Å². The Morgan fingerprint density at radius 3 is 2.34 bits per heavy atom. The van der Waals surface area contributed by atoms with Gasteiger partial charge in [0.15, 0.2) is 0 Å². The average molecular weight is 478 g/mol. The van der Waals surface area contributed by atoms with Crippen LogP contribution < -0.4 is 9.47 Å². The lowest BCUT2D eigenvalue weighted by Crippen LogP contribution is -2.39. The van der Waals surface area contributed by atoms with E-state index in [-0.39, 0.29) is 5.60 Å². The summed E-state index contributed by atoms with van der Waals surface area (Å²) in [5.41, 5.74) is 3.37. The maximum absolute atomic E-state index is 6.12. The number of nitrogens with zero attached hydrogens (tertiary/aromatic N) is 3. The molecular weight excluding hydrogens is 438 g/mol. The van der Waals surface area contributed by atoms with E-state index in [0.717, 1.165) is 69.1 Å². The molecule has 188 valence electrons. The summed E-state index contributed by atoms with van der Waals surface area (Å²) in [7, 11) is 1.82. The van der Waals surface area contributed by atoms with Crippen LogP contribution in [0.1, 0.15) is 42.5 Å². The summed E-state index contributed by atoms with van der Waals surface area (Å²) in [4.78, 5) is 2.52. The molecule has 1 atom stereocenters. The van der Waals surface area contributed by atoms with Crippen molar-refractivity contribution in [1.82, 2.24) is 14.7 Å². The fraction of sp³-hybridized carbons (Fsp3) is 0.483. The molecule has 4 rings (SSSR count). The maximum atomic E-state index is 6.12. The van der Waals surface area contributed by atoms with E-state index in [1.165, 1.54) is 11.1 Å². The molecule has 2 aromatic carbocycles. The summed E-state index contributed by atoms with van der Waals surface area (Å²) < 4.78 is 20.0. The summed E-state index contributed by atoms with van der Waals surface area (Å²) in [5, 5.41) is 4.41. The summed E-state index contributed by atoms with van der Waals surface area (Å²) in [6.07, 6.45) is 6.03. The van der Waals surface area contributed by atoms with Crippen LogP contribution in [0.4, 0.5) is 0 Å². The zero-order valence-corrected chi connectivity index (χ0v) is 21.4. The fourth-order valence-corrected chi connectivity index (χ4v) is 4.59. The first kappa shape index (κ1) is 25.3. The van der Waals surface area contributed by atoms with Gasteiger partial charge in [-0.3, -0.25) is 9.58 Å². The number of aryl methyl sites for hydroxylation is 3. The second-order valence-corrected chi connectivity index (χ2v) is 9.68. The van der Waals surface area contributed by atoms with Gasteiger partial charge in [-0.1, -0.05) is 29.8 Å². The SMILES string of the molecule is CO[C@]1(COc2ccc(C)cc2)CCCN(Cc2ccc(OCCCn3ccc(C)n3)cc2)CC1. The van der Waals surface area contributed by atoms with Crippen LogP contribution in [0.3, 0.4) is 0 Å². The Morgan fingerprint density at radius 1 is 0.886 bits per heavy atom. The molecule has 1 aliphatic rings. The maximum Gasteiger partial charge on any atom is 0.119 e. The first-order chi connectivity index (χ1) is 17.0. The number of hydrogen-bond acceptors (Lipinski definition) is 5. The molecule has 1 aromatic heterocycles. The Labute approximate surface area is 209 Å². The summed E-state index contributed by atoms with van der Waals surface area (Å²) in [6.45, 7) is 9.26. The second kappa shape index (κ2) is 12.2. The second-order valence-electron chi connectivity index (χ2n) is 9.68. The van der Waals surface area contributed by atoms with Crippen LogP contribution in [-0.2, 0) is 17.8 Å². The molecule has 0 aliphatic carbocycles. The number of likely N-dealkylation sites (tertiary alicyclic amines) is 1. The number of methoxy groups -OCH3 is 1. The molecule has 1 fully saturated rings. The van der Waals surface area contributed by atoms with Crippen LogP contribution in [0, 0.1) is 13.8 Å². The molecule has 3 aromatic rings. The van der Waals surface area contributed by atoms with Crippen LogP contribution in [-0.4, -0.2) is 53.7 Å². The number of benzene rings is 2. The first-order valence-electron chi connectivity index (χ1n) is 12.7. The van der Waals surface area contributed by atoms with Crippen molar-refractivity contribution in [3.8, 4) is 11.5 Å². The van der Waals surface area contributed by atoms with E-state index in [2.05, 4.69) is 53.3 Å². The van der Waals surface area contributed by atoms with Gasteiger partial charge in [-0.15, -0.1) is 0 Å². The van der Waals surface area contributed by atoms with Crippen LogP contribution in [0.5, 0.6) is 11.5 Å². The summed E-state index contributed by atoms with van der Waals surface area (Å²) in [6, 6.07) is 18.8. The number of aromatic nitrogens is 2. The summed E-state index contributed by atoms with van der Waals surface area (Å²) >= 11 is 0. The van der Waals surface area contributed by atoms with Crippen LogP contribution in [0.15, 0.2) is 60.8 Å². The minimum absolute atomic E-state index is 0.230. The van der Waals surface area contributed by atoms with Gasteiger partial charge in [0.25, 0.3) is 0 Å². The van der Waals surface area contributed by atoms with Gasteiger partial charge in [0.1, 0.15) is 23.7 Å². The molecule has 0 bridgehead atoms. The topological polar surface area (TPSA) is 48.8 Å². The molecule has 6 nitrogen and oxygen atoms in total. The molecule has 0 amide bonds. The van der Waals surface area contributed by atoms with Gasteiger partial charge in [0, 0.05) is 39.4 Å². The lowest BCUT2D eigenvalue weighted by atomic mass is 9.95. The lowest BCUT2D eigenvalue weighted by molar-refractivity contribution is -0.0541. The average Bonchev–Trinajstić information content (AvgIpc) is 3.18. The lowest BCUT2D eigenvalue weighted by Gasteiger charge is -2.31. The largest absolute Gasteiger partial charge is 0.494 e. The van der Waals surface area contributed by atoms with Gasteiger partial charge in [-0.05, 0) is 75.5 Å². The standard InChI is InChI=1S/C29H39N3O3/c1-24-6-10-28(11-7-24)35-23-29(33-3)15-4-17-31(20-16-29)22-26-8-12-27(13-9-26)34-21-5-18-32-19-14-25(2)30-32/h6-14,19H,4-5,15-18,20-23H2,1-3H3/t29-/m1/s1. The molecule has 6 heteroatoms. The molecule has 0 spiro atoms. The first-order valence-corrected chi connectivity index (χ1v) is 12.7. The van der Waals surface area contributed by atoms with Gasteiger partial charge in [-0.25, -0.2) is 0 Å². The predicted molar refractivity (Wildman–Crippen MR) is 139 cm³/mol. The van der Waals surface area contributed by atoms with E-state index in [0.29, 0.717) is 13.2 Å². The number of ether oxygens (including phenoxy) is 3. The molecule has 0 N–H and O–H groups in total. The van der Waals surface area contributed by atoms with E-state index < -0.39 is 0 Å². The molecular formula is C29H39N3O3. The van der Waals surface area contributed by atoms with E-state index in [1.807, 2.05) is 43.1 Å². The highest BCUT2D eigenvalue weighted by Gasteiger charge is 2.33. The van der Waals surface area contributed by atoms with Crippen molar-refractivity contribution in [2.75, 3.05) is 33.4 Å². The zero-order valence-electron chi connectivity index (χ0n) is 21.4. The molecule has 0 radical (unpaired) electrons. The molecule has 35 heavy (non-hydrogen) atoms. The van der Waals surface area contributed by atoms with Crippen LogP contribution >= 0.6 is 0 Å². The highest BCUT2D eigenvalue weighted by molar-refractivity contribution is 5.27. The molecule has 1 aliphatic heterocycles. The minimum Gasteiger partial charge on any atom is -0.494 e. The Balaban J connectivity index is 1.21. The smallest absolute Gasteiger partial charge is 0.119 e. The van der Waals surface area contributed by atoms with Crippen molar-refractivity contribution in [1.29, 1.82) is 0 Å². The van der Waals surface area contributed by atoms with Gasteiger partial charge in [-0.2, -0.15) is 5.10 Å². The van der Waals surface area contributed by atoms with E-state index >= 15 is 0 Å². The molecule has 0 saturated carbocycles. The van der Waals surface area contributed by atoms with E-state index in [1.54, 1.807) is 0 Å². The third-order valence-corrected chi connectivity index (χ3v) is 6.85. The Bertz CT molecular complexity index is 1030. The predicted octanol–water partition coefficient (Wildman–Crippen LogP) is 5.42. The van der Waals surface area contributed by atoms with Crippen molar-refractivity contribution in [2.45, 2.75) is 58.2 Å². The minimum atomic E-state index is -0.230. The van der Waals surface area contributed by atoms with Gasteiger partial charge in [0.05, 0.1) is 12.3 Å². The number of hydrogen-bond donors (Lipinski definition) is 0. The van der Waals surface area contributed by atoms with Crippen LogP contribution in [0.25, 0.3) is 0 Å². The van der Waals surface area contributed by atoms with Crippen molar-refractivity contribution in [3.05, 3.63) is 77.6 Å². The molecule has 0 unspecified atom stereocenters. The number of rotatable bonds is 11. The highest BCUT2D eigenvalue weighted by Crippen LogP contribution is 2.28. The summed E-state index contributed by atoms with van der Waals surface area (Å²) in [5.74, 6) is 1.83. The highest BCUT2D eigenvalue weighted by atomic mass is 16.5. The Kier molecular flexibility index (Phi) is 8.83. The normalized spacial score (nSPS) is 18.8.